The summed E-state index contributed by atoms with van der Waals surface area (Å²) < 4.78 is 1.73. The molecular formula is C13H15N3O2. The van der Waals surface area contributed by atoms with Crippen molar-refractivity contribution in [2.45, 2.75) is 25.7 Å². The van der Waals surface area contributed by atoms with Crippen molar-refractivity contribution in [3.05, 3.63) is 42.2 Å². The third-order valence-electron chi connectivity index (χ3n) is 2.64. The lowest BCUT2D eigenvalue weighted by Crippen LogP contribution is -1.95. The van der Waals surface area contributed by atoms with Gasteiger partial charge >= 0.3 is 5.97 Å². The van der Waals surface area contributed by atoms with E-state index >= 15 is 0 Å². The van der Waals surface area contributed by atoms with Crippen LogP contribution in [0.15, 0.2) is 36.5 Å². The molecule has 0 unspecified atom stereocenters. The Morgan fingerprint density at radius 1 is 1.22 bits per heavy atom. The first-order valence-corrected chi connectivity index (χ1v) is 5.94. The Kier molecular flexibility index (Phi) is 4.06. The molecule has 0 radical (unpaired) electrons. The number of aliphatic carboxylic acids is 1. The molecule has 1 aromatic carbocycles. The average molecular weight is 245 g/mol. The summed E-state index contributed by atoms with van der Waals surface area (Å²) >= 11 is 0. The SMILES string of the molecule is O=C(O)CCCCc1cn(-c2ccccc2)nn1. The maximum absolute atomic E-state index is 10.4. The van der Waals surface area contributed by atoms with Gasteiger partial charge in [0, 0.05) is 6.42 Å². The summed E-state index contributed by atoms with van der Waals surface area (Å²) in [6.07, 6.45) is 4.36. The lowest BCUT2D eigenvalue weighted by Gasteiger charge is -1.97. The van der Waals surface area contributed by atoms with Gasteiger partial charge in [-0.1, -0.05) is 23.4 Å². The normalized spacial score (nSPS) is 10.4. The van der Waals surface area contributed by atoms with Crippen LogP contribution in [-0.4, -0.2) is 26.1 Å². The summed E-state index contributed by atoms with van der Waals surface area (Å²) in [7, 11) is 0. The number of aryl methyl sites for hydroxylation is 1. The molecule has 0 aliphatic rings. The van der Waals surface area contributed by atoms with E-state index in [9.17, 15) is 4.79 Å². The molecule has 18 heavy (non-hydrogen) atoms. The van der Waals surface area contributed by atoms with Gasteiger partial charge < -0.3 is 5.11 Å². The monoisotopic (exact) mass is 245 g/mol. The highest BCUT2D eigenvalue weighted by molar-refractivity contribution is 5.66. The summed E-state index contributed by atoms with van der Waals surface area (Å²) in [5.74, 6) is -0.747. The van der Waals surface area contributed by atoms with Crippen LogP contribution in [0.5, 0.6) is 0 Å². The number of para-hydroxylation sites is 1. The minimum atomic E-state index is -0.747. The zero-order valence-corrected chi connectivity index (χ0v) is 9.99. The fourth-order valence-electron chi connectivity index (χ4n) is 1.70. The van der Waals surface area contributed by atoms with Gasteiger partial charge in [0.1, 0.15) is 0 Å². The summed E-state index contributed by atoms with van der Waals surface area (Å²) in [6.45, 7) is 0. The molecule has 5 nitrogen and oxygen atoms in total. The third kappa shape index (κ3) is 3.41. The van der Waals surface area contributed by atoms with E-state index in [1.807, 2.05) is 36.5 Å². The maximum atomic E-state index is 10.4. The highest BCUT2D eigenvalue weighted by Crippen LogP contribution is 2.08. The van der Waals surface area contributed by atoms with Gasteiger partial charge in [-0.05, 0) is 31.4 Å². The Bertz CT molecular complexity index is 508. The number of aromatic nitrogens is 3. The van der Waals surface area contributed by atoms with Crippen LogP contribution in [0.3, 0.4) is 0 Å². The summed E-state index contributed by atoms with van der Waals surface area (Å²) in [4.78, 5) is 10.4. The quantitative estimate of drug-likeness (QED) is 0.791. The fourth-order valence-corrected chi connectivity index (χ4v) is 1.70. The van der Waals surface area contributed by atoms with Gasteiger partial charge in [-0.2, -0.15) is 0 Å². The second-order valence-electron chi connectivity index (χ2n) is 4.09. The van der Waals surface area contributed by atoms with Crippen molar-refractivity contribution in [2.24, 2.45) is 0 Å². The predicted molar refractivity (Wildman–Crippen MR) is 66.5 cm³/mol. The summed E-state index contributed by atoms with van der Waals surface area (Å²) in [6, 6.07) is 9.77. The first-order valence-electron chi connectivity index (χ1n) is 5.94. The number of carbonyl (C=O) groups is 1. The van der Waals surface area contributed by atoms with Gasteiger partial charge in [0.25, 0.3) is 0 Å². The van der Waals surface area contributed by atoms with Crippen LogP contribution >= 0.6 is 0 Å². The van der Waals surface area contributed by atoms with Gasteiger partial charge in [-0.3, -0.25) is 4.79 Å². The Morgan fingerprint density at radius 2 is 2.00 bits per heavy atom. The number of rotatable bonds is 6. The van der Waals surface area contributed by atoms with E-state index in [1.54, 1.807) is 4.68 Å². The number of carboxylic acid groups (broad SMARTS) is 1. The fraction of sp³-hybridized carbons (Fsp3) is 0.308. The molecule has 0 atom stereocenters. The van der Waals surface area contributed by atoms with E-state index in [0.29, 0.717) is 6.42 Å². The smallest absolute Gasteiger partial charge is 0.303 e. The lowest BCUT2D eigenvalue weighted by atomic mass is 10.1. The van der Waals surface area contributed by atoms with Gasteiger partial charge in [0.05, 0.1) is 17.6 Å². The van der Waals surface area contributed by atoms with E-state index < -0.39 is 5.97 Å². The predicted octanol–water partition coefficient (Wildman–Crippen LogP) is 2.06. The summed E-state index contributed by atoms with van der Waals surface area (Å²) in [5, 5.41) is 16.7. The number of nitrogens with zero attached hydrogens (tertiary/aromatic N) is 3. The Hall–Kier alpha value is -2.17. The van der Waals surface area contributed by atoms with Crippen LogP contribution < -0.4 is 0 Å². The minimum absolute atomic E-state index is 0.215. The van der Waals surface area contributed by atoms with Gasteiger partial charge in [-0.15, -0.1) is 5.10 Å². The lowest BCUT2D eigenvalue weighted by molar-refractivity contribution is -0.137. The second kappa shape index (κ2) is 5.95. The van der Waals surface area contributed by atoms with Gasteiger partial charge in [0.2, 0.25) is 0 Å². The van der Waals surface area contributed by atoms with E-state index in [-0.39, 0.29) is 6.42 Å². The number of benzene rings is 1. The molecule has 0 aliphatic carbocycles. The van der Waals surface area contributed by atoms with Gasteiger partial charge in [0.15, 0.2) is 0 Å². The molecule has 0 saturated carbocycles. The average Bonchev–Trinajstić information content (AvgIpc) is 2.84. The van der Waals surface area contributed by atoms with E-state index in [2.05, 4.69) is 10.3 Å². The second-order valence-corrected chi connectivity index (χ2v) is 4.09. The van der Waals surface area contributed by atoms with Crippen molar-refractivity contribution in [3.63, 3.8) is 0 Å². The Morgan fingerprint density at radius 3 is 2.72 bits per heavy atom. The van der Waals surface area contributed by atoms with Crippen LogP contribution in [0, 0.1) is 0 Å². The standard InChI is InChI=1S/C13H15N3O2/c17-13(18)9-5-4-6-11-10-16(15-14-11)12-7-2-1-3-8-12/h1-3,7-8,10H,4-6,9H2,(H,17,18). The van der Waals surface area contributed by atoms with Crippen molar-refractivity contribution in [1.82, 2.24) is 15.0 Å². The molecule has 2 aromatic rings. The number of carboxylic acids is 1. The van der Waals surface area contributed by atoms with Crippen molar-refractivity contribution in [2.75, 3.05) is 0 Å². The van der Waals surface area contributed by atoms with Crippen LogP contribution in [0.4, 0.5) is 0 Å². The maximum Gasteiger partial charge on any atom is 0.303 e. The van der Waals surface area contributed by atoms with E-state index in [0.717, 1.165) is 24.2 Å². The number of unbranched alkanes of at least 4 members (excludes halogenated alkanes) is 1. The first kappa shape index (κ1) is 12.3. The molecule has 94 valence electrons. The van der Waals surface area contributed by atoms with Gasteiger partial charge in [-0.25, -0.2) is 4.68 Å². The molecular weight excluding hydrogens is 230 g/mol. The minimum Gasteiger partial charge on any atom is -0.481 e. The zero-order valence-electron chi connectivity index (χ0n) is 9.99. The largest absolute Gasteiger partial charge is 0.481 e. The van der Waals surface area contributed by atoms with E-state index in [4.69, 9.17) is 5.11 Å². The van der Waals surface area contributed by atoms with Crippen LogP contribution in [0.25, 0.3) is 5.69 Å². The van der Waals surface area contributed by atoms with E-state index in [1.165, 1.54) is 0 Å². The Labute approximate surface area is 105 Å². The number of hydrogen-bond donors (Lipinski definition) is 1. The molecule has 2 rings (SSSR count). The zero-order chi connectivity index (χ0) is 12.8. The Balaban J connectivity index is 1.89. The van der Waals surface area contributed by atoms with Crippen molar-refractivity contribution in [3.8, 4) is 5.69 Å². The van der Waals surface area contributed by atoms with Crippen LogP contribution in [0.2, 0.25) is 0 Å². The van der Waals surface area contributed by atoms with Crippen LogP contribution in [0.1, 0.15) is 25.0 Å². The third-order valence-corrected chi connectivity index (χ3v) is 2.64. The molecule has 0 saturated heterocycles. The molecule has 5 heteroatoms. The topological polar surface area (TPSA) is 68.0 Å². The molecule has 0 spiro atoms. The molecule has 0 bridgehead atoms. The molecule has 1 N–H and O–H groups in total. The molecule has 0 amide bonds. The first-order chi connectivity index (χ1) is 8.75. The number of hydrogen-bond acceptors (Lipinski definition) is 3. The van der Waals surface area contributed by atoms with Crippen molar-refractivity contribution < 1.29 is 9.90 Å². The highest BCUT2D eigenvalue weighted by Gasteiger charge is 2.03. The summed E-state index contributed by atoms with van der Waals surface area (Å²) in [5.41, 5.74) is 1.87. The van der Waals surface area contributed by atoms with Crippen molar-refractivity contribution >= 4 is 5.97 Å². The van der Waals surface area contributed by atoms with Crippen LogP contribution in [-0.2, 0) is 11.2 Å². The molecule has 0 fully saturated rings. The molecule has 0 aliphatic heterocycles. The molecule has 1 aromatic heterocycles. The molecule has 1 heterocycles. The van der Waals surface area contributed by atoms with Crippen molar-refractivity contribution in [1.29, 1.82) is 0 Å². The highest BCUT2D eigenvalue weighted by atomic mass is 16.4.